The van der Waals surface area contributed by atoms with Crippen molar-refractivity contribution in [3.63, 3.8) is 0 Å². The lowest BCUT2D eigenvalue weighted by Gasteiger charge is -2.14. The van der Waals surface area contributed by atoms with Gasteiger partial charge >= 0.3 is 0 Å². The molecule has 0 aliphatic carbocycles. The fraction of sp³-hybridized carbons (Fsp3) is 0.0500. The molecule has 0 spiro atoms. The van der Waals surface area contributed by atoms with Crippen molar-refractivity contribution in [2.75, 3.05) is 10.6 Å². The van der Waals surface area contributed by atoms with Crippen LogP contribution in [0.3, 0.4) is 0 Å². The maximum Gasteiger partial charge on any atom is 0.255 e. The van der Waals surface area contributed by atoms with Crippen molar-refractivity contribution in [3.05, 3.63) is 181 Å². The molecule has 0 atom stereocenters. The van der Waals surface area contributed by atoms with Gasteiger partial charge in [-0.05, 0) is 57.9 Å². The predicted molar refractivity (Wildman–Crippen MR) is 182 cm³/mol. The number of benzene rings is 5. The third kappa shape index (κ3) is 6.10. The minimum absolute atomic E-state index is 0.139. The first-order chi connectivity index (χ1) is 22.6. The van der Waals surface area contributed by atoms with Crippen LogP contribution < -0.4 is 19.8 Å². The number of fused-ring (bicyclic) bond motifs is 2. The van der Waals surface area contributed by atoms with Crippen molar-refractivity contribution in [2.45, 2.75) is 13.1 Å². The van der Waals surface area contributed by atoms with E-state index in [1.807, 2.05) is 110 Å². The van der Waals surface area contributed by atoms with Gasteiger partial charge in [0.25, 0.3) is 11.8 Å². The number of pyridine rings is 2. The van der Waals surface area contributed by atoms with Gasteiger partial charge in [0.1, 0.15) is 11.4 Å². The van der Waals surface area contributed by atoms with Crippen molar-refractivity contribution in [3.8, 4) is 0 Å². The van der Waals surface area contributed by atoms with E-state index in [4.69, 9.17) is 0 Å². The Bertz CT molecular complexity index is 1980. The quantitative estimate of drug-likeness (QED) is 0.144. The van der Waals surface area contributed by atoms with Gasteiger partial charge in [-0.1, -0.05) is 84.9 Å². The summed E-state index contributed by atoms with van der Waals surface area (Å²) in [5, 5.41) is 10.8. The molecule has 0 bridgehead atoms. The first kappa shape index (κ1) is 28.6. The molecule has 2 amide bonds. The first-order valence-electron chi connectivity index (χ1n) is 15.2. The van der Waals surface area contributed by atoms with Crippen LogP contribution in [0.1, 0.15) is 31.8 Å². The summed E-state index contributed by atoms with van der Waals surface area (Å²) < 4.78 is 4.23. The number of aromatic nitrogens is 2. The Morgan fingerprint density at radius 2 is 0.783 bits per heavy atom. The molecule has 2 N–H and O–H groups in total. The lowest BCUT2D eigenvalue weighted by molar-refractivity contribution is -0.687. The highest BCUT2D eigenvalue weighted by Gasteiger charge is 2.20. The monoisotopic (exact) mass is 600 g/mol. The Kier molecular flexibility index (Phi) is 7.99. The number of carbonyl (C=O) groups is 2. The number of carbonyl (C=O) groups excluding carboxylic acids is 2. The van der Waals surface area contributed by atoms with E-state index >= 15 is 0 Å². The van der Waals surface area contributed by atoms with Crippen molar-refractivity contribution in [2.24, 2.45) is 0 Å². The Balaban J connectivity index is 1.22. The molecule has 2 heterocycles. The minimum Gasteiger partial charge on any atom is -0.317 e. The van der Waals surface area contributed by atoms with E-state index in [0.29, 0.717) is 24.2 Å². The van der Waals surface area contributed by atoms with Crippen LogP contribution >= 0.6 is 0 Å². The molecule has 6 heteroatoms. The average Bonchev–Trinajstić information content (AvgIpc) is 3.11. The summed E-state index contributed by atoms with van der Waals surface area (Å²) >= 11 is 0. The SMILES string of the molecule is O=C(Nc1ccc[n+](Cc2c3ccccc3c(C[n+]3cccc(NC(=O)c4ccccc4)c3)c3ccccc23)c1)c1ccccc1. The summed E-state index contributed by atoms with van der Waals surface area (Å²) in [6.07, 6.45) is 8.01. The Hall–Kier alpha value is -6.14. The zero-order chi connectivity index (χ0) is 31.3. The molecule has 0 fully saturated rings. The van der Waals surface area contributed by atoms with E-state index in [0.717, 1.165) is 11.4 Å². The molecule has 0 saturated carbocycles. The number of anilines is 2. The second-order valence-corrected chi connectivity index (χ2v) is 11.2. The number of amides is 2. The molecule has 0 radical (unpaired) electrons. The fourth-order valence-corrected chi connectivity index (χ4v) is 5.99. The third-order valence-corrected chi connectivity index (χ3v) is 8.14. The van der Waals surface area contributed by atoms with Gasteiger partial charge in [0.2, 0.25) is 0 Å². The summed E-state index contributed by atoms with van der Waals surface area (Å²) in [4.78, 5) is 25.6. The average molecular weight is 601 g/mol. The van der Waals surface area contributed by atoms with Gasteiger partial charge < -0.3 is 10.6 Å². The second-order valence-electron chi connectivity index (χ2n) is 11.2. The standard InChI is InChI=1S/C40H30N4O2/c45-39(29-13-3-1-4-14-29)41-31-17-11-23-43(25-31)27-37-33-19-7-9-21-35(33)38(36-22-10-8-20-34(36)37)28-44-24-12-18-32(26-44)42-40(46)30-15-5-2-6-16-30/h1-26H,27-28H2/p+2. The normalized spacial score (nSPS) is 11.0. The van der Waals surface area contributed by atoms with Crippen LogP contribution in [0.15, 0.2) is 158 Å². The molecule has 0 saturated heterocycles. The maximum absolute atomic E-state index is 12.8. The summed E-state index contributed by atoms with van der Waals surface area (Å²) in [6.45, 7) is 1.26. The Morgan fingerprint density at radius 1 is 0.435 bits per heavy atom. The molecule has 6 nitrogen and oxygen atoms in total. The lowest BCUT2D eigenvalue weighted by Crippen LogP contribution is -2.35. The van der Waals surface area contributed by atoms with Gasteiger partial charge in [-0.3, -0.25) is 9.59 Å². The molecule has 7 aromatic rings. The molecule has 7 rings (SSSR count). The van der Waals surface area contributed by atoms with Crippen molar-refractivity contribution < 1.29 is 18.7 Å². The van der Waals surface area contributed by atoms with Gasteiger partial charge in [-0.25, -0.2) is 0 Å². The van der Waals surface area contributed by atoms with E-state index in [-0.39, 0.29) is 11.8 Å². The van der Waals surface area contributed by atoms with Crippen molar-refractivity contribution >= 4 is 44.7 Å². The Labute approximate surface area is 267 Å². The fourth-order valence-electron chi connectivity index (χ4n) is 5.99. The molecule has 2 aromatic heterocycles. The van der Waals surface area contributed by atoms with E-state index in [2.05, 4.69) is 68.3 Å². The Morgan fingerprint density at radius 3 is 1.15 bits per heavy atom. The van der Waals surface area contributed by atoms with E-state index in [1.165, 1.54) is 32.7 Å². The number of hydrogen-bond acceptors (Lipinski definition) is 2. The molecule has 5 aromatic carbocycles. The van der Waals surface area contributed by atoms with Crippen LogP contribution in [0.5, 0.6) is 0 Å². The van der Waals surface area contributed by atoms with Crippen LogP contribution in [-0.4, -0.2) is 11.8 Å². The van der Waals surface area contributed by atoms with E-state index < -0.39 is 0 Å². The minimum atomic E-state index is -0.139. The molecular formula is C40H32N4O2+2. The molecule has 222 valence electrons. The highest BCUT2D eigenvalue weighted by Crippen LogP contribution is 2.33. The van der Waals surface area contributed by atoms with Crippen LogP contribution in [0.2, 0.25) is 0 Å². The number of hydrogen-bond donors (Lipinski definition) is 2. The van der Waals surface area contributed by atoms with E-state index in [9.17, 15) is 9.59 Å². The van der Waals surface area contributed by atoms with Gasteiger partial charge in [-0.15, -0.1) is 0 Å². The van der Waals surface area contributed by atoms with Crippen molar-refractivity contribution in [1.82, 2.24) is 0 Å². The lowest BCUT2D eigenvalue weighted by atomic mass is 9.91. The van der Waals surface area contributed by atoms with E-state index in [1.54, 1.807) is 0 Å². The van der Waals surface area contributed by atoms with Crippen LogP contribution in [0.25, 0.3) is 21.5 Å². The van der Waals surface area contributed by atoms with Crippen LogP contribution in [-0.2, 0) is 13.1 Å². The third-order valence-electron chi connectivity index (χ3n) is 8.14. The largest absolute Gasteiger partial charge is 0.317 e. The van der Waals surface area contributed by atoms with Gasteiger partial charge in [-0.2, -0.15) is 9.13 Å². The predicted octanol–water partition coefficient (Wildman–Crippen LogP) is 7.17. The zero-order valence-corrected chi connectivity index (χ0v) is 25.1. The van der Waals surface area contributed by atoms with Gasteiger partial charge in [0.05, 0.1) is 0 Å². The molecule has 0 unspecified atom stereocenters. The van der Waals surface area contributed by atoms with Gasteiger partial charge in [0.15, 0.2) is 37.9 Å². The summed E-state index contributed by atoms with van der Waals surface area (Å²) in [7, 11) is 0. The van der Waals surface area contributed by atoms with Gasteiger partial charge in [0, 0.05) is 34.4 Å². The summed E-state index contributed by atoms with van der Waals surface area (Å²) in [5.74, 6) is -0.278. The smallest absolute Gasteiger partial charge is 0.255 e. The molecule has 0 aliphatic heterocycles. The second kappa shape index (κ2) is 12.8. The highest BCUT2D eigenvalue weighted by molar-refractivity contribution is 6.06. The number of rotatable bonds is 8. The number of nitrogens with one attached hydrogen (secondary N) is 2. The van der Waals surface area contributed by atoms with Crippen LogP contribution in [0, 0.1) is 0 Å². The topological polar surface area (TPSA) is 66.0 Å². The summed E-state index contributed by atoms with van der Waals surface area (Å²) in [5.41, 5.74) is 5.12. The number of nitrogens with zero attached hydrogens (tertiary/aromatic N) is 2. The zero-order valence-electron chi connectivity index (χ0n) is 25.1. The summed E-state index contributed by atoms with van der Waals surface area (Å²) in [6, 6.07) is 43.3. The van der Waals surface area contributed by atoms with Crippen molar-refractivity contribution in [1.29, 1.82) is 0 Å². The first-order valence-corrected chi connectivity index (χ1v) is 15.2. The molecule has 46 heavy (non-hydrogen) atoms. The maximum atomic E-state index is 12.8. The highest BCUT2D eigenvalue weighted by atomic mass is 16.2. The molecular weight excluding hydrogens is 568 g/mol. The molecule has 0 aliphatic rings. The van der Waals surface area contributed by atoms with Crippen LogP contribution in [0.4, 0.5) is 11.4 Å².